The second kappa shape index (κ2) is 13.0. The van der Waals surface area contributed by atoms with Crippen LogP contribution >= 0.6 is 0 Å². The molecule has 0 atom stereocenters. The fourth-order valence-electron chi connectivity index (χ4n) is 7.96. The molecule has 11 rings (SSSR count). The number of hydrogen-bond acceptors (Lipinski definition) is 4. The van der Waals surface area contributed by atoms with E-state index in [1.54, 1.807) is 0 Å². The molecule has 8 aromatic carbocycles. The number of furan rings is 1. The molecule has 3 heterocycles. The lowest BCUT2D eigenvalue weighted by molar-refractivity contribution is 0.666. The standard InChI is InChI=1S/C51H32N4O/c1-4-14-33(15-5-1)36-20-12-21-38(30-36)50-52-49(35-18-8-3-9-19-35)53-51(54-50)39-27-29-42-43-23-13-25-45(48(43)56-47(42)32-39)55-44-24-11-10-22-40(44)41-28-26-37(31-46(41)55)34-16-6-2-7-17-34/h1-32H. The third kappa shape index (κ3) is 5.37. The molecule has 0 spiro atoms. The number of fused-ring (bicyclic) bond motifs is 6. The number of hydrogen-bond donors (Lipinski definition) is 0. The topological polar surface area (TPSA) is 56.7 Å². The molecule has 5 nitrogen and oxygen atoms in total. The molecule has 0 bridgehead atoms. The minimum atomic E-state index is 0.581. The van der Waals surface area contributed by atoms with E-state index >= 15 is 0 Å². The Kier molecular flexibility index (Phi) is 7.42. The van der Waals surface area contributed by atoms with Crippen molar-refractivity contribution in [2.75, 3.05) is 0 Å². The van der Waals surface area contributed by atoms with Crippen molar-refractivity contribution in [3.8, 4) is 62.1 Å². The molecule has 0 aliphatic carbocycles. The van der Waals surface area contributed by atoms with Gasteiger partial charge in [-0.05, 0) is 58.7 Å². The van der Waals surface area contributed by atoms with Gasteiger partial charge in [0.2, 0.25) is 0 Å². The van der Waals surface area contributed by atoms with Crippen molar-refractivity contribution < 1.29 is 4.42 Å². The van der Waals surface area contributed by atoms with Gasteiger partial charge >= 0.3 is 0 Å². The third-order valence-corrected chi connectivity index (χ3v) is 10.7. The summed E-state index contributed by atoms with van der Waals surface area (Å²) in [6, 6.07) is 67.4. The molecule has 0 radical (unpaired) electrons. The zero-order valence-corrected chi connectivity index (χ0v) is 30.2. The van der Waals surface area contributed by atoms with Gasteiger partial charge in [0, 0.05) is 38.2 Å². The van der Waals surface area contributed by atoms with Gasteiger partial charge in [0.1, 0.15) is 5.58 Å². The van der Waals surface area contributed by atoms with E-state index in [-0.39, 0.29) is 0 Å². The van der Waals surface area contributed by atoms with Crippen LogP contribution in [-0.4, -0.2) is 19.5 Å². The maximum atomic E-state index is 6.88. The third-order valence-electron chi connectivity index (χ3n) is 10.7. The van der Waals surface area contributed by atoms with E-state index in [4.69, 9.17) is 19.4 Å². The van der Waals surface area contributed by atoms with Crippen LogP contribution in [0.5, 0.6) is 0 Å². The number of para-hydroxylation sites is 2. The molecule has 0 aliphatic rings. The van der Waals surface area contributed by atoms with Crippen molar-refractivity contribution in [3.63, 3.8) is 0 Å². The van der Waals surface area contributed by atoms with Gasteiger partial charge < -0.3 is 8.98 Å². The smallest absolute Gasteiger partial charge is 0.164 e. The van der Waals surface area contributed by atoms with Crippen LogP contribution in [0.4, 0.5) is 0 Å². The second-order valence-corrected chi connectivity index (χ2v) is 14.0. The highest BCUT2D eigenvalue weighted by atomic mass is 16.3. The van der Waals surface area contributed by atoms with Crippen LogP contribution in [0, 0.1) is 0 Å². The van der Waals surface area contributed by atoms with Gasteiger partial charge in [-0.1, -0.05) is 158 Å². The molecular weight excluding hydrogens is 685 g/mol. The summed E-state index contributed by atoms with van der Waals surface area (Å²) in [6.45, 7) is 0. The molecule has 0 saturated carbocycles. The Labute approximate surface area is 322 Å². The summed E-state index contributed by atoms with van der Waals surface area (Å²) in [7, 11) is 0. The predicted molar refractivity (Wildman–Crippen MR) is 229 cm³/mol. The molecule has 5 heteroatoms. The zero-order chi connectivity index (χ0) is 37.0. The molecule has 3 aromatic heterocycles. The first-order chi connectivity index (χ1) is 27.7. The van der Waals surface area contributed by atoms with Crippen LogP contribution < -0.4 is 0 Å². The molecule has 0 unspecified atom stereocenters. The van der Waals surface area contributed by atoms with E-state index in [2.05, 4.69) is 162 Å². The van der Waals surface area contributed by atoms with Gasteiger partial charge in [0.15, 0.2) is 23.1 Å². The lowest BCUT2D eigenvalue weighted by Crippen LogP contribution is -2.00. The highest BCUT2D eigenvalue weighted by molar-refractivity contribution is 6.13. The van der Waals surface area contributed by atoms with Crippen LogP contribution in [0.2, 0.25) is 0 Å². The van der Waals surface area contributed by atoms with Crippen molar-refractivity contribution in [3.05, 3.63) is 194 Å². The predicted octanol–water partition coefficient (Wildman–Crippen LogP) is 13.2. The quantitative estimate of drug-likeness (QED) is 0.172. The maximum Gasteiger partial charge on any atom is 0.164 e. The number of nitrogens with zero attached hydrogens (tertiary/aromatic N) is 4. The van der Waals surface area contributed by atoms with Crippen molar-refractivity contribution in [1.82, 2.24) is 19.5 Å². The highest BCUT2D eigenvalue weighted by Gasteiger charge is 2.20. The summed E-state index contributed by atoms with van der Waals surface area (Å²) in [5.74, 6) is 1.81. The minimum Gasteiger partial charge on any atom is -0.454 e. The van der Waals surface area contributed by atoms with Crippen LogP contribution in [0.15, 0.2) is 199 Å². The molecule has 0 saturated heterocycles. The summed E-state index contributed by atoms with van der Waals surface area (Å²) in [6.07, 6.45) is 0. The van der Waals surface area contributed by atoms with Gasteiger partial charge in [0.25, 0.3) is 0 Å². The summed E-state index contributed by atoms with van der Waals surface area (Å²) in [5, 5.41) is 4.48. The largest absolute Gasteiger partial charge is 0.454 e. The van der Waals surface area contributed by atoms with Gasteiger partial charge in [-0.15, -0.1) is 0 Å². The summed E-state index contributed by atoms with van der Waals surface area (Å²) < 4.78 is 9.23. The van der Waals surface area contributed by atoms with Crippen LogP contribution in [-0.2, 0) is 0 Å². The lowest BCUT2D eigenvalue weighted by atomic mass is 10.0. The van der Waals surface area contributed by atoms with Crippen LogP contribution in [0.3, 0.4) is 0 Å². The number of aromatic nitrogens is 4. The van der Waals surface area contributed by atoms with Gasteiger partial charge in [-0.3, -0.25) is 0 Å². The average Bonchev–Trinajstić information content (AvgIpc) is 3.82. The van der Waals surface area contributed by atoms with E-state index < -0.39 is 0 Å². The Morgan fingerprint density at radius 3 is 1.55 bits per heavy atom. The summed E-state index contributed by atoms with van der Waals surface area (Å²) >= 11 is 0. The van der Waals surface area contributed by atoms with Gasteiger partial charge in [-0.25, -0.2) is 15.0 Å². The Morgan fingerprint density at radius 2 is 0.821 bits per heavy atom. The van der Waals surface area contributed by atoms with Crippen molar-refractivity contribution in [2.45, 2.75) is 0 Å². The van der Waals surface area contributed by atoms with Crippen LogP contribution in [0.1, 0.15) is 0 Å². The maximum absolute atomic E-state index is 6.88. The Bertz CT molecular complexity index is 3240. The molecule has 0 aliphatic heterocycles. The molecule has 0 amide bonds. The van der Waals surface area contributed by atoms with E-state index in [1.807, 2.05) is 36.4 Å². The average molecular weight is 717 g/mol. The molecule has 0 N–H and O–H groups in total. The monoisotopic (exact) mass is 716 g/mol. The Morgan fingerprint density at radius 1 is 0.321 bits per heavy atom. The van der Waals surface area contributed by atoms with E-state index in [0.717, 1.165) is 66.5 Å². The molecule has 0 fully saturated rings. The summed E-state index contributed by atoms with van der Waals surface area (Å²) in [5.41, 5.74) is 12.1. The number of rotatable bonds is 6. The first-order valence-electron chi connectivity index (χ1n) is 18.8. The zero-order valence-electron chi connectivity index (χ0n) is 30.2. The Balaban J connectivity index is 1.08. The fraction of sp³-hybridized carbons (Fsp3) is 0. The first kappa shape index (κ1) is 31.9. The van der Waals surface area contributed by atoms with Crippen molar-refractivity contribution in [1.29, 1.82) is 0 Å². The van der Waals surface area contributed by atoms with Crippen molar-refractivity contribution in [2.24, 2.45) is 0 Å². The minimum absolute atomic E-state index is 0.581. The second-order valence-electron chi connectivity index (χ2n) is 14.0. The highest BCUT2D eigenvalue weighted by Crippen LogP contribution is 2.40. The molecule has 262 valence electrons. The van der Waals surface area contributed by atoms with Gasteiger partial charge in [0.05, 0.1) is 16.7 Å². The first-order valence-corrected chi connectivity index (χ1v) is 18.8. The SMILES string of the molecule is c1ccc(-c2cccc(-c3nc(-c4ccccc4)nc(-c4ccc5c(c4)oc4c(-n6c7ccccc7c7ccc(-c8ccccc8)cc76)cccc45)n3)c2)cc1. The van der Waals surface area contributed by atoms with E-state index in [9.17, 15) is 0 Å². The normalized spacial score (nSPS) is 11.6. The summed E-state index contributed by atoms with van der Waals surface area (Å²) in [4.78, 5) is 15.1. The lowest BCUT2D eigenvalue weighted by Gasteiger charge is -2.09. The van der Waals surface area contributed by atoms with E-state index in [0.29, 0.717) is 17.5 Å². The number of benzene rings is 8. The van der Waals surface area contributed by atoms with E-state index in [1.165, 1.54) is 21.9 Å². The fourth-order valence-corrected chi connectivity index (χ4v) is 7.96. The molecule has 11 aromatic rings. The van der Waals surface area contributed by atoms with Crippen molar-refractivity contribution >= 4 is 43.7 Å². The molecule has 56 heavy (non-hydrogen) atoms. The molecular formula is C51H32N4O. The Hall–Kier alpha value is -7.63. The van der Waals surface area contributed by atoms with Crippen LogP contribution in [0.25, 0.3) is 106 Å². The van der Waals surface area contributed by atoms with Gasteiger partial charge in [-0.2, -0.15) is 0 Å².